The highest BCUT2D eigenvalue weighted by molar-refractivity contribution is 6.06. The normalized spacial score (nSPS) is 16.6. The number of nitrogens with zero attached hydrogens (tertiary/aromatic N) is 2. The number of para-hydroxylation sites is 1. The second kappa shape index (κ2) is 10.4. The molecule has 1 fully saturated rings. The quantitative estimate of drug-likeness (QED) is 0.260. The van der Waals surface area contributed by atoms with E-state index in [4.69, 9.17) is 0 Å². The molecule has 1 aliphatic heterocycles. The van der Waals surface area contributed by atoms with Crippen molar-refractivity contribution < 1.29 is 14.0 Å². The van der Waals surface area contributed by atoms with Gasteiger partial charge >= 0.3 is 0 Å². The second-order valence-corrected chi connectivity index (χ2v) is 10.5. The van der Waals surface area contributed by atoms with E-state index < -0.39 is 0 Å². The Morgan fingerprint density at radius 2 is 1.87 bits per heavy atom. The molecule has 0 radical (unpaired) electrons. The van der Waals surface area contributed by atoms with Gasteiger partial charge in [0.1, 0.15) is 11.6 Å². The molecule has 8 heteroatoms. The first-order chi connectivity index (χ1) is 18.9. The van der Waals surface area contributed by atoms with Crippen LogP contribution in [0.1, 0.15) is 46.8 Å². The van der Waals surface area contributed by atoms with Crippen LogP contribution in [0, 0.1) is 11.7 Å². The summed E-state index contributed by atoms with van der Waals surface area (Å²) in [5.74, 6) is 0.741. The number of aromatic nitrogens is 2. The number of rotatable bonds is 8. The van der Waals surface area contributed by atoms with Crippen molar-refractivity contribution in [1.82, 2.24) is 14.9 Å². The summed E-state index contributed by atoms with van der Waals surface area (Å²) in [4.78, 5) is 36.0. The monoisotopic (exact) mass is 523 g/mol. The van der Waals surface area contributed by atoms with E-state index in [1.807, 2.05) is 48.3 Å². The van der Waals surface area contributed by atoms with Crippen molar-refractivity contribution in [2.24, 2.45) is 5.92 Å². The average Bonchev–Trinajstić information content (AvgIpc) is 3.67. The highest BCUT2D eigenvalue weighted by atomic mass is 19.1. The molecule has 0 spiro atoms. The largest absolute Gasteiger partial charge is 0.356 e. The lowest BCUT2D eigenvalue weighted by molar-refractivity contribution is -0.115. The van der Waals surface area contributed by atoms with Crippen LogP contribution in [0.2, 0.25) is 0 Å². The number of carbonyl (C=O) groups excluding carboxylic acids is 2. The molecule has 3 heterocycles. The first kappa shape index (κ1) is 24.9. The van der Waals surface area contributed by atoms with Crippen molar-refractivity contribution in [3.05, 3.63) is 95.6 Å². The summed E-state index contributed by atoms with van der Waals surface area (Å²) in [5.41, 5.74) is 5.54. The smallest absolute Gasteiger partial charge is 0.257 e. The van der Waals surface area contributed by atoms with Crippen LogP contribution in [0.15, 0.2) is 72.9 Å². The zero-order valence-corrected chi connectivity index (χ0v) is 21.7. The highest BCUT2D eigenvalue weighted by Crippen LogP contribution is 2.46. The Bertz CT molecular complexity index is 1510. The fraction of sp³-hybridized carbons (Fsp3) is 0.258. The molecule has 0 saturated heterocycles. The van der Waals surface area contributed by atoms with E-state index in [2.05, 4.69) is 20.6 Å². The SMILES string of the molecule is CN1CC(CC2CC2)c2[nH]c(-c3ccnc(NC(=O)Cc4ccc(F)cc4)c3)c(Nc3ccccc3)c2C1=O. The number of likely N-dealkylation sites (N-methyl/N-ethyl adjacent to an activating group) is 1. The molecule has 1 unspecified atom stereocenters. The predicted molar refractivity (Wildman–Crippen MR) is 150 cm³/mol. The van der Waals surface area contributed by atoms with Gasteiger partial charge < -0.3 is 20.5 Å². The molecular formula is C31H30FN5O2. The number of benzene rings is 2. The zero-order valence-electron chi connectivity index (χ0n) is 21.7. The van der Waals surface area contributed by atoms with E-state index in [1.54, 1.807) is 24.4 Å². The van der Waals surface area contributed by atoms with Crippen molar-refractivity contribution in [3.63, 3.8) is 0 Å². The van der Waals surface area contributed by atoms with Crippen LogP contribution in [-0.2, 0) is 11.2 Å². The molecule has 1 saturated carbocycles. The molecule has 198 valence electrons. The summed E-state index contributed by atoms with van der Waals surface area (Å²) in [6.45, 7) is 0.689. The molecular weight excluding hydrogens is 493 g/mol. The number of hydrogen-bond donors (Lipinski definition) is 3. The number of fused-ring (bicyclic) bond motifs is 1. The Labute approximate surface area is 226 Å². The first-order valence-electron chi connectivity index (χ1n) is 13.3. The van der Waals surface area contributed by atoms with Gasteiger partial charge in [-0.3, -0.25) is 9.59 Å². The maximum absolute atomic E-state index is 13.5. The number of nitrogens with one attached hydrogen (secondary N) is 3. The number of anilines is 3. The van der Waals surface area contributed by atoms with E-state index in [0.29, 0.717) is 29.4 Å². The fourth-order valence-corrected chi connectivity index (χ4v) is 5.33. The van der Waals surface area contributed by atoms with Gasteiger partial charge in [-0.2, -0.15) is 0 Å². The minimum absolute atomic E-state index is 0.0140. The molecule has 39 heavy (non-hydrogen) atoms. The Morgan fingerprint density at radius 3 is 2.62 bits per heavy atom. The number of H-pyrrole nitrogens is 1. The summed E-state index contributed by atoms with van der Waals surface area (Å²) >= 11 is 0. The van der Waals surface area contributed by atoms with Crippen molar-refractivity contribution in [1.29, 1.82) is 0 Å². The molecule has 7 nitrogen and oxygen atoms in total. The van der Waals surface area contributed by atoms with Gasteiger partial charge in [0, 0.05) is 42.7 Å². The standard InChI is InChI=1S/C31H30FN5O2/c1-37-18-22(15-19-7-8-19)28-27(31(37)39)30(34-24-5-3-2-4-6-24)29(36-28)21-13-14-33-25(17-21)35-26(38)16-20-9-11-23(32)12-10-20/h2-6,9-14,17,19,22,34,36H,7-8,15-16,18H2,1H3,(H,33,35,38). The molecule has 1 atom stereocenters. The van der Waals surface area contributed by atoms with E-state index in [-0.39, 0.29) is 30.0 Å². The van der Waals surface area contributed by atoms with Crippen molar-refractivity contribution in [2.45, 2.75) is 31.6 Å². The molecule has 3 N–H and O–H groups in total. The number of carbonyl (C=O) groups is 2. The Kier molecular flexibility index (Phi) is 6.60. The van der Waals surface area contributed by atoms with Gasteiger partial charge in [-0.25, -0.2) is 9.37 Å². The average molecular weight is 524 g/mol. The minimum atomic E-state index is -0.342. The van der Waals surface area contributed by atoms with Gasteiger partial charge in [-0.1, -0.05) is 43.2 Å². The molecule has 1 aliphatic carbocycles. The lowest BCUT2D eigenvalue weighted by atomic mass is 9.90. The molecule has 2 aromatic carbocycles. The minimum Gasteiger partial charge on any atom is -0.356 e. The van der Waals surface area contributed by atoms with E-state index >= 15 is 0 Å². The van der Waals surface area contributed by atoms with Crippen LogP contribution in [0.5, 0.6) is 0 Å². The van der Waals surface area contributed by atoms with Crippen LogP contribution < -0.4 is 10.6 Å². The third-order valence-electron chi connectivity index (χ3n) is 7.44. The third kappa shape index (κ3) is 5.41. The van der Waals surface area contributed by atoms with Gasteiger partial charge in [0.25, 0.3) is 5.91 Å². The van der Waals surface area contributed by atoms with Gasteiger partial charge in [0.05, 0.1) is 23.4 Å². The van der Waals surface area contributed by atoms with Crippen molar-refractivity contribution in [3.8, 4) is 11.3 Å². The molecule has 4 aromatic rings. The summed E-state index contributed by atoms with van der Waals surface area (Å²) < 4.78 is 13.2. The lowest BCUT2D eigenvalue weighted by Crippen LogP contribution is -2.37. The topological polar surface area (TPSA) is 90.1 Å². The fourth-order valence-electron chi connectivity index (χ4n) is 5.33. The summed E-state index contributed by atoms with van der Waals surface area (Å²) in [6, 6.07) is 19.3. The first-order valence-corrected chi connectivity index (χ1v) is 13.3. The van der Waals surface area contributed by atoms with Crippen molar-refractivity contribution >= 4 is 29.0 Å². The van der Waals surface area contributed by atoms with Gasteiger partial charge in [0.2, 0.25) is 5.91 Å². The summed E-state index contributed by atoms with van der Waals surface area (Å²) in [6.07, 6.45) is 5.30. The van der Waals surface area contributed by atoms with Crippen LogP contribution in [0.4, 0.5) is 21.6 Å². The summed E-state index contributed by atoms with van der Waals surface area (Å²) in [7, 11) is 1.87. The number of aromatic amines is 1. The van der Waals surface area contributed by atoms with Crippen LogP contribution in [0.3, 0.4) is 0 Å². The van der Waals surface area contributed by atoms with Crippen LogP contribution >= 0.6 is 0 Å². The van der Waals surface area contributed by atoms with Gasteiger partial charge in [-0.05, 0) is 54.3 Å². The highest BCUT2D eigenvalue weighted by Gasteiger charge is 2.38. The Hall–Kier alpha value is -4.46. The van der Waals surface area contributed by atoms with Gasteiger partial charge in [0.15, 0.2) is 0 Å². The van der Waals surface area contributed by atoms with E-state index in [1.165, 1.54) is 25.0 Å². The Balaban J connectivity index is 1.35. The molecule has 2 aliphatic rings. The molecule has 0 bridgehead atoms. The molecule has 6 rings (SSSR count). The zero-order chi connectivity index (χ0) is 26.9. The maximum Gasteiger partial charge on any atom is 0.257 e. The molecule has 2 amide bonds. The van der Waals surface area contributed by atoms with Gasteiger partial charge in [-0.15, -0.1) is 0 Å². The lowest BCUT2D eigenvalue weighted by Gasteiger charge is -2.30. The number of halogens is 1. The third-order valence-corrected chi connectivity index (χ3v) is 7.44. The van der Waals surface area contributed by atoms with Crippen molar-refractivity contribution in [2.75, 3.05) is 24.2 Å². The van der Waals surface area contributed by atoms with E-state index in [0.717, 1.165) is 34.7 Å². The summed E-state index contributed by atoms with van der Waals surface area (Å²) in [5, 5.41) is 6.35. The Morgan fingerprint density at radius 1 is 1.10 bits per heavy atom. The van der Waals surface area contributed by atoms with Crippen LogP contribution in [-0.4, -0.2) is 40.3 Å². The predicted octanol–water partition coefficient (Wildman–Crippen LogP) is 6.11. The maximum atomic E-state index is 13.5. The number of hydrogen-bond acceptors (Lipinski definition) is 4. The number of amides is 2. The van der Waals surface area contributed by atoms with Crippen LogP contribution in [0.25, 0.3) is 11.3 Å². The number of pyridine rings is 1. The second-order valence-electron chi connectivity index (χ2n) is 10.5. The molecule has 2 aromatic heterocycles. The van der Waals surface area contributed by atoms with E-state index in [9.17, 15) is 14.0 Å².